The van der Waals surface area contributed by atoms with Gasteiger partial charge in [0, 0.05) is 37.6 Å². The summed E-state index contributed by atoms with van der Waals surface area (Å²) in [6.07, 6.45) is 1.60. The van der Waals surface area contributed by atoms with Gasteiger partial charge in [-0.15, -0.1) is 0 Å². The van der Waals surface area contributed by atoms with Crippen LogP contribution in [0.5, 0.6) is 0 Å². The number of anilines is 1. The zero-order valence-electron chi connectivity index (χ0n) is 12.0. The number of benzene rings is 1. The third-order valence-corrected chi connectivity index (χ3v) is 4.75. The van der Waals surface area contributed by atoms with Crippen molar-refractivity contribution in [3.05, 3.63) is 28.7 Å². The van der Waals surface area contributed by atoms with Crippen molar-refractivity contribution < 1.29 is 8.91 Å². The highest BCUT2D eigenvalue weighted by Gasteiger charge is 2.21. The van der Waals surface area contributed by atoms with E-state index in [9.17, 15) is 4.39 Å². The van der Waals surface area contributed by atoms with Crippen LogP contribution in [0.25, 0.3) is 21.8 Å². The van der Waals surface area contributed by atoms with Crippen molar-refractivity contribution in [2.45, 2.75) is 0 Å². The van der Waals surface area contributed by atoms with Crippen LogP contribution in [0.3, 0.4) is 0 Å². The molecule has 3 aromatic rings. The van der Waals surface area contributed by atoms with Crippen LogP contribution in [0.4, 0.5) is 10.2 Å². The van der Waals surface area contributed by atoms with Crippen LogP contribution in [0.2, 0.25) is 0 Å². The van der Waals surface area contributed by atoms with Gasteiger partial charge in [-0.2, -0.15) is 0 Å². The lowest BCUT2D eigenvalue weighted by molar-refractivity contribution is 0.312. The Morgan fingerprint density at radius 2 is 1.95 bits per heavy atom. The molecule has 5 nitrogen and oxygen atoms in total. The van der Waals surface area contributed by atoms with Gasteiger partial charge in [0.15, 0.2) is 11.3 Å². The molecule has 1 saturated heterocycles. The third-order valence-electron chi connectivity index (χ3n) is 4.14. The van der Waals surface area contributed by atoms with Crippen LogP contribution in [-0.4, -0.2) is 48.3 Å². The minimum atomic E-state index is -0.319. The fraction of sp³-hybridized carbons (Fsp3) is 0.333. The molecular formula is C15H14BrFN4O. The number of piperazine rings is 1. The highest BCUT2D eigenvalue weighted by Crippen LogP contribution is 2.33. The van der Waals surface area contributed by atoms with Gasteiger partial charge in [0.05, 0.1) is 15.4 Å². The maximum atomic E-state index is 13.9. The monoisotopic (exact) mass is 364 g/mol. The van der Waals surface area contributed by atoms with Crippen molar-refractivity contribution >= 4 is 43.6 Å². The van der Waals surface area contributed by atoms with Gasteiger partial charge in [0.25, 0.3) is 0 Å². The Bertz CT molecular complexity index is 857. The van der Waals surface area contributed by atoms with E-state index in [1.165, 1.54) is 6.07 Å². The Balaban J connectivity index is 1.93. The molecule has 2 aromatic heterocycles. The second kappa shape index (κ2) is 5.17. The number of pyridine rings is 1. The lowest BCUT2D eigenvalue weighted by atomic mass is 10.1. The molecule has 0 radical (unpaired) electrons. The Labute approximate surface area is 134 Å². The van der Waals surface area contributed by atoms with Gasteiger partial charge in [0.1, 0.15) is 12.1 Å². The van der Waals surface area contributed by atoms with Crippen molar-refractivity contribution in [2.24, 2.45) is 0 Å². The average molecular weight is 365 g/mol. The smallest absolute Gasteiger partial charge is 0.159 e. The summed E-state index contributed by atoms with van der Waals surface area (Å²) in [5.74, 6) is 0.450. The first-order valence-electron chi connectivity index (χ1n) is 7.10. The summed E-state index contributed by atoms with van der Waals surface area (Å²) in [5, 5.41) is 5.81. The van der Waals surface area contributed by atoms with E-state index < -0.39 is 0 Å². The molecule has 1 fully saturated rings. The average Bonchev–Trinajstić information content (AvgIpc) is 2.99. The predicted molar refractivity (Wildman–Crippen MR) is 86.7 cm³/mol. The topological polar surface area (TPSA) is 45.4 Å². The summed E-state index contributed by atoms with van der Waals surface area (Å²) < 4.78 is 19.4. The second-order valence-electron chi connectivity index (χ2n) is 5.59. The van der Waals surface area contributed by atoms with Crippen molar-refractivity contribution in [1.82, 2.24) is 15.0 Å². The molecule has 3 heterocycles. The molecule has 4 rings (SSSR count). The van der Waals surface area contributed by atoms with Crippen molar-refractivity contribution in [3.8, 4) is 0 Å². The highest BCUT2D eigenvalue weighted by atomic mass is 79.9. The molecule has 1 aliphatic heterocycles. The van der Waals surface area contributed by atoms with Gasteiger partial charge in [-0.1, -0.05) is 5.16 Å². The summed E-state index contributed by atoms with van der Waals surface area (Å²) in [6, 6.07) is 3.18. The van der Waals surface area contributed by atoms with E-state index >= 15 is 0 Å². The van der Waals surface area contributed by atoms with Crippen LogP contribution >= 0.6 is 15.9 Å². The minimum Gasteiger partial charge on any atom is -0.363 e. The SMILES string of the molecule is CN1CCN(c2nc3cc(F)c(Br)cc3c3conc23)CC1. The number of fused-ring (bicyclic) bond motifs is 3. The normalized spacial score (nSPS) is 16.8. The molecular weight excluding hydrogens is 351 g/mol. The number of halogens is 2. The molecule has 22 heavy (non-hydrogen) atoms. The summed E-state index contributed by atoms with van der Waals surface area (Å²) in [7, 11) is 2.10. The Morgan fingerprint density at radius 1 is 1.18 bits per heavy atom. The van der Waals surface area contributed by atoms with E-state index in [-0.39, 0.29) is 5.82 Å². The molecule has 0 saturated carbocycles. The van der Waals surface area contributed by atoms with Gasteiger partial charge in [-0.05, 0) is 29.0 Å². The second-order valence-corrected chi connectivity index (χ2v) is 6.44. The quantitative estimate of drug-likeness (QED) is 0.664. The molecule has 7 heteroatoms. The van der Waals surface area contributed by atoms with E-state index in [1.54, 1.807) is 12.3 Å². The van der Waals surface area contributed by atoms with Crippen LogP contribution in [0.1, 0.15) is 0 Å². The molecule has 0 spiro atoms. The number of likely N-dealkylation sites (N-methyl/N-ethyl adjacent to an activating group) is 1. The minimum absolute atomic E-state index is 0.319. The molecule has 1 aliphatic rings. The Hall–Kier alpha value is -1.73. The number of hydrogen-bond acceptors (Lipinski definition) is 5. The third kappa shape index (κ3) is 2.16. The molecule has 0 N–H and O–H groups in total. The lowest BCUT2D eigenvalue weighted by Gasteiger charge is -2.33. The first-order chi connectivity index (χ1) is 10.6. The lowest BCUT2D eigenvalue weighted by Crippen LogP contribution is -2.44. The maximum absolute atomic E-state index is 13.9. The molecule has 0 unspecified atom stereocenters. The zero-order chi connectivity index (χ0) is 15.3. The first kappa shape index (κ1) is 13.9. The van der Waals surface area contributed by atoms with E-state index in [4.69, 9.17) is 4.52 Å². The van der Waals surface area contributed by atoms with Crippen LogP contribution < -0.4 is 4.90 Å². The number of aromatic nitrogens is 2. The molecule has 0 aliphatic carbocycles. The number of nitrogens with zero attached hydrogens (tertiary/aromatic N) is 4. The molecule has 114 valence electrons. The van der Waals surface area contributed by atoms with Gasteiger partial charge in [0.2, 0.25) is 0 Å². The zero-order valence-corrected chi connectivity index (χ0v) is 13.6. The summed E-state index contributed by atoms with van der Waals surface area (Å²) in [6.45, 7) is 3.67. The predicted octanol–water partition coefficient (Wildman–Crippen LogP) is 3.03. The number of rotatable bonds is 1. The molecule has 0 amide bonds. The molecule has 0 atom stereocenters. The Kier molecular flexibility index (Phi) is 3.27. The van der Waals surface area contributed by atoms with Crippen LogP contribution in [-0.2, 0) is 0 Å². The van der Waals surface area contributed by atoms with E-state index in [0.717, 1.165) is 48.3 Å². The van der Waals surface area contributed by atoms with E-state index in [1.807, 2.05) is 0 Å². The van der Waals surface area contributed by atoms with Crippen molar-refractivity contribution in [3.63, 3.8) is 0 Å². The largest absolute Gasteiger partial charge is 0.363 e. The molecule has 1 aromatic carbocycles. The van der Waals surface area contributed by atoms with Gasteiger partial charge < -0.3 is 14.3 Å². The van der Waals surface area contributed by atoms with E-state index in [2.05, 4.69) is 42.9 Å². The highest BCUT2D eigenvalue weighted by molar-refractivity contribution is 9.10. The Morgan fingerprint density at radius 3 is 2.73 bits per heavy atom. The standard InChI is InChI=1S/C15H14BrFN4O/c1-20-2-4-21(5-3-20)15-14-10(8-22-19-14)9-6-11(16)12(17)7-13(9)18-15/h6-8H,2-5H2,1H3. The summed E-state index contributed by atoms with van der Waals surface area (Å²) >= 11 is 3.22. The fourth-order valence-electron chi connectivity index (χ4n) is 2.84. The molecule has 0 bridgehead atoms. The first-order valence-corrected chi connectivity index (χ1v) is 7.89. The van der Waals surface area contributed by atoms with Crippen LogP contribution in [0.15, 0.2) is 27.4 Å². The van der Waals surface area contributed by atoms with Gasteiger partial charge in [-0.3, -0.25) is 0 Å². The maximum Gasteiger partial charge on any atom is 0.159 e. The van der Waals surface area contributed by atoms with Crippen molar-refractivity contribution in [2.75, 3.05) is 38.1 Å². The van der Waals surface area contributed by atoms with Crippen LogP contribution in [0, 0.1) is 5.82 Å². The van der Waals surface area contributed by atoms with Gasteiger partial charge >= 0.3 is 0 Å². The van der Waals surface area contributed by atoms with E-state index in [0.29, 0.717) is 9.99 Å². The summed E-state index contributed by atoms with van der Waals surface area (Å²) in [5.41, 5.74) is 1.35. The summed E-state index contributed by atoms with van der Waals surface area (Å²) in [4.78, 5) is 9.11. The number of hydrogen-bond donors (Lipinski definition) is 0. The fourth-order valence-corrected chi connectivity index (χ4v) is 3.18. The van der Waals surface area contributed by atoms with Gasteiger partial charge in [-0.25, -0.2) is 9.37 Å². The van der Waals surface area contributed by atoms with Crippen molar-refractivity contribution in [1.29, 1.82) is 0 Å².